The largest absolute Gasteiger partial charge is 0.376 e. The molecule has 1 aromatic heterocycles. The zero-order valence-corrected chi connectivity index (χ0v) is 18.7. The lowest BCUT2D eigenvalue weighted by Gasteiger charge is -2.20. The monoisotopic (exact) mass is 462 g/mol. The Balaban J connectivity index is 1.52. The summed E-state index contributed by atoms with van der Waals surface area (Å²) in [5.41, 5.74) is 0.788. The zero-order chi connectivity index (χ0) is 22.9. The molecule has 1 saturated heterocycles. The molecule has 10 heteroatoms. The maximum Gasteiger partial charge on any atom is 0.240 e. The second kappa shape index (κ2) is 11.6. The topological polar surface area (TPSA) is 114 Å². The molecule has 0 saturated carbocycles. The first-order valence-corrected chi connectivity index (χ1v) is 10.9. The summed E-state index contributed by atoms with van der Waals surface area (Å²) < 4.78 is 10.6. The number of aromatic nitrogens is 1. The van der Waals surface area contributed by atoms with E-state index in [1.807, 2.05) is 18.2 Å². The average molecular weight is 463 g/mol. The number of carbonyl (C=O) groups excluding carboxylic acids is 3. The number of nitrogens with zero attached hydrogens (tertiary/aromatic N) is 2. The fraction of sp³-hybridized carbons (Fsp3) is 0.455. The number of anilines is 1. The van der Waals surface area contributed by atoms with Crippen molar-refractivity contribution in [3.05, 3.63) is 46.7 Å². The van der Waals surface area contributed by atoms with Crippen LogP contribution in [0.5, 0.6) is 0 Å². The molecule has 172 valence electrons. The normalized spacial score (nSPS) is 15.4. The number of rotatable bonds is 10. The maximum atomic E-state index is 12.8. The van der Waals surface area contributed by atoms with Gasteiger partial charge in [-0.1, -0.05) is 35.0 Å². The van der Waals surface area contributed by atoms with Crippen molar-refractivity contribution in [2.24, 2.45) is 0 Å². The first kappa shape index (κ1) is 23.7. The Morgan fingerprint density at radius 2 is 2.00 bits per heavy atom. The van der Waals surface area contributed by atoms with E-state index in [4.69, 9.17) is 20.9 Å². The molecule has 0 aliphatic carbocycles. The van der Waals surface area contributed by atoms with Gasteiger partial charge in [-0.3, -0.25) is 19.3 Å². The minimum atomic E-state index is -0.404. The van der Waals surface area contributed by atoms with Crippen molar-refractivity contribution in [3.63, 3.8) is 0 Å². The highest BCUT2D eigenvalue weighted by atomic mass is 35.5. The van der Waals surface area contributed by atoms with Crippen LogP contribution in [-0.4, -0.2) is 48.7 Å². The zero-order valence-electron chi connectivity index (χ0n) is 17.9. The van der Waals surface area contributed by atoms with Gasteiger partial charge >= 0.3 is 0 Å². The van der Waals surface area contributed by atoms with Crippen molar-refractivity contribution < 1.29 is 23.6 Å². The first-order valence-electron chi connectivity index (χ1n) is 10.5. The van der Waals surface area contributed by atoms with Gasteiger partial charge in [0.25, 0.3) is 0 Å². The molecule has 2 N–H and O–H groups in total. The smallest absolute Gasteiger partial charge is 0.240 e. The Morgan fingerprint density at radius 3 is 2.69 bits per heavy atom. The molecule has 2 heterocycles. The van der Waals surface area contributed by atoms with Crippen LogP contribution in [0.1, 0.15) is 37.0 Å². The van der Waals surface area contributed by atoms with Crippen molar-refractivity contribution >= 4 is 35.1 Å². The molecule has 3 amide bonds. The lowest BCUT2D eigenvalue weighted by atomic mass is 10.2. The van der Waals surface area contributed by atoms with Crippen LogP contribution in [-0.2, 0) is 25.7 Å². The summed E-state index contributed by atoms with van der Waals surface area (Å²) in [5.74, 6) is -0.292. The van der Waals surface area contributed by atoms with Crippen LogP contribution >= 0.6 is 11.6 Å². The predicted octanol–water partition coefficient (Wildman–Crippen LogP) is 2.36. The molecule has 0 unspecified atom stereocenters. The standard InChI is InChI=1S/C22H27ClN4O5/c1-15-11-19(26-32-15)27(14-21(29)25-13-17-6-4-10-31-17)22(30)9-8-20(28)24-12-16-5-2-3-7-18(16)23/h2-3,5,7,11,17H,4,6,8-10,12-14H2,1H3,(H,24,28)(H,25,29)/t17-/m1/s1. The van der Waals surface area contributed by atoms with Gasteiger partial charge in [-0.25, -0.2) is 0 Å². The van der Waals surface area contributed by atoms with Crippen LogP contribution in [0.3, 0.4) is 0 Å². The Labute approximate surface area is 191 Å². The third-order valence-corrected chi connectivity index (χ3v) is 5.41. The second-order valence-electron chi connectivity index (χ2n) is 7.58. The molecule has 1 atom stereocenters. The number of hydrogen-bond donors (Lipinski definition) is 2. The van der Waals surface area contributed by atoms with Crippen molar-refractivity contribution in [2.45, 2.75) is 45.3 Å². The first-order chi connectivity index (χ1) is 15.4. The van der Waals surface area contributed by atoms with Gasteiger partial charge in [-0.05, 0) is 31.4 Å². The van der Waals surface area contributed by atoms with Crippen molar-refractivity contribution in [1.29, 1.82) is 0 Å². The molecule has 0 bridgehead atoms. The summed E-state index contributed by atoms with van der Waals surface area (Å²) in [6.45, 7) is 2.83. The van der Waals surface area contributed by atoms with Gasteiger partial charge in [0.1, 0.15) is 12.3 Å². The van der Waals surface area contributed by atoms with Gasteiger partial charge in [0.2, 0.25) is 17.7 Å². The number of aryl methyl sites for hydroxylation is 1. The van der Waals surface area contributed by atoms with E-state index in [1.165, 1.54) is 4.90 Å². The van der Waals surface area contributed by atoms with Crippen molar-refractivity contribution in [1.82, 2.24) is 15.8 Å². The molecular weight excluding hydrogens is 436 g/mol. The molecule has 3 rings (SSSR count). The summed E-state index contributed by atoms with van der Waals surface area (Å²) >= 11 is 6.09. The van der Waals surface area contributed by atoms with Gasteiger partial charge in [0.05, 0.1) is 6.10 Å². The molecule has 0 spiro atoms. The summed E-state index contributed by atoms with van der Waals surface area (Å²) in [5, 5.41) is 9.95. The maximum absolute atomic E-state index is 12.8. The molecule has 9 nitrogen and oxygen atoms in total. The highest BCUT2D eigenvalue weighted by Crippen LogP contribution is 2.17. The quantitative estimate of drug-likeness (QED) is 0.560. The third kappa shape index (κ3) is 7.06. The van der Waals surface area contributed by atoms with E-state index >= 15 is 0 Å². The molecule has 32 heavy (non-hydrogen) atoms. The van der Waals surface area contributed by atoms with Gasteiger partial charge in [0.15, 0.2) is 5.82 Å². The second-order valence-corrected chi connectivity index (χ2v) is 7.99. The predicted molar refractivity (Wildman–Crippen MR) is 118 cm³/mol. The van der Waals surface area contributed by atoms with Crippen LogP contribution in [0.15, 0.2) is 34.9 Å². The van der Waals surface area contributed by atoms with E-state index in [2.05, 4.69) is 15.8 Å². The van der Waals surface area contributed by atoms with E-state index in [0.717, 1.165) is 18.4 Å². The number of nitrogens with one attached hydrogen (secondary N) is 2. The summed E-state index contributed by atoms with van der Waals surface area (Å²) in [6, 6.07) is 8.77. The summed E-state index contributed by atoms with van der Waals surface area (Å²) in [4.78, 5) is 38.7. The van der Waals surface area contributed by atoms with E-state index < -0.39 is 5.91 Å². The lowest BCUT2D eigenvalue weighted by Crippen LogP contribution is -2.43. The average Bonchev–Trinajstić information content (AvgIpc) is 3.45. The van der Waals surface area contributed by atoms with Gasteiger partial charge in [-0.2, -0.15) is 0 Å². The summed E-state index contributed by atoms with van der Waals surface area (Å²) in [7, 11) is 0. The van der Waals surface area contributed by atoms with E-state index in [1.54, 1.807) is 19.1 Å². The van der Waals surface area contributed by atoms with E-state index in [-0.39, 0.29) is 49.7 Å². The van der Waals surface area contributed by atoms with Gasteiger partial charge in [-0.15, -0.1) is 0 Å². The van der Waals surface area contributed by atoms with Crippen LogP contribution < -0.4 is 15.5 Å². The van der Waals surface area contributed by atoms with Crippen LogP contribution in [0.25, 0.3) is 0 Å². The number of carbonyl (C=O) groups is 3. The Bertz CT molecular complexity index is 942. The Kier molecular flexibility index (Phi) is 8.64. The van der Waals surface area contributed by atoms with Crippen LogP contribution in [0.4, 0.5) is 5.82 Å². The van der Waals surface area contributed by atoms with Crippen LogP contribution in [0.2, 0.25) is 5.02 Å². The van der Waals surface area contributed by atoms with Gasteiger partial charge < -0.3 is 19.9 Å². The number of amides is 3. The molecular formula is C22H27ClN4O5. The minimum absolute atomic E-state index is 0.000731. The molecule has 1 aromatic carbocycles. The number of benzene rings is 1. The van der Waals surface area contributed by atoms with E-state index in [9.17, 15) is 14.4 Å². The molecule has 1 aliphatic heterocycles. The molecule has 0 radical (unpaired) electrons. The highest BCUT2D eigenvalue weighted by Gasteiger charge is 2.24. The molecule has 1 aliphatic rings. The fourth-order valence-electron chi connectivity index (χ4n) is 3.29. The number of hydrogen-bond acceptors (Lipinski definition) is 6. The molecule has 2 aromatic rings. The Hall–Kier alpha value is -2.91. The molecule has 1 fully saturated rings. The minimum Gasteiger partial charge on any atom is -0.376 e. The van der Waals surface area contributed by atoms with E-state index in [0.29, 0.717) is 23.9 Å². The lowest BCUT2D eigenvalue weighted by molar-refractivity contribution is -0.126. The summed E-state index contributed by atoms with van der Waals surface area (Å²) in [6.07, 6.45) is 1.75. The van der Waals surface area contributed by atoms with Crippen molar-refractivity contribution in [3.8, 4) is 0 Å². The van der Waals surface area contributed by atoms with Gasteiger partial charge in [0, 0.05) is 43.6 Å². The Morgan fingerprint density at radius 1 is 1.19 bits per heavy atom. The van der Waals surface area contributed by atoms with Crippen molar-refractivity contribution in [2.75, 3.05) is 24.6 Å². The fourth-order valence-corrected chi connectivity index (χ4v) is 3.49. The SMILES string of the molecule is Cc1cc(N(CC(=O)NC[C@H]2CCCO2)C(=O)CCC(=O)NCc2ccccc2Cl)no1. The highest BCUT2D eigenvalue weighted by molar-refractivity contribution is 6.31. The number of halogens is 1. The van der Waals surface area contributed by atoms with Crippen LogP contribution in [0, 0.1) is 6.92 Å². The third-order valence-electron chi connectivity index (χ3n) is 5.05. The number of ether oxygens (including phenoxy) is 1.